The lowest BCUT2D eigenvalue weighted by atomic mass is 10.4. The molecule has 2 aromatic rings. The topological polar surface area (TPSA) is 75.3 Å². The van der Waals surface area contributed by atoms with Gasteiger partial charge in [0.05, 0.1) is 5.56 Å². The molecule has 5 heteroatoms. The van der Waals surface area contributed by atoms with Crippen LogP contribution in [0.2, 0.25) is 0 Å². The van der Waals surface area contributed by atoms with Gasteiger partial charge in [0.1, 0.15) is 17.7 Å². The molecule has 0 saturated heterocycles. The molecule has 0 spiro atoms. The second kappa shape index (κ2) is 19.7. The summed E-state index contributed by atoms with van der Waals surface area (Å²) >= 11 is 0. The smallest absolute Gasteiger partial charge is 0.125 e. The summed E-state index contributed by atoms with van der Waals surface area (Å²) in [7, 11) is 0. The number of hydrogen-bond donors (Lipinski definition) is 0. The highest BCUT2D eigenvalue weighted by atomic mass is 14.8. The van der Waals surface area contributed by atoms with Gasteiger partial charge in [-0.1, -0.05) is 41.5 Å². The van der Waals surface area contributed by atoms with E-state index >= 15 is 0 Å². The fraction of sp³-hybridized carbons (Fsp3) is 0.500. The van der Waals surface area contributed by atoms with Gasteiger partial charge < -0.3 is 0 Å². The molecule has 0 aliphatic heterocycles. The zero-order valence-electron chi connectivity index (χ0n) is 16.0. The highest BCUT2D eigenvalue weighted by molar-refractivity contribution is 5.21. The van der Waals surface area contributed by atoms with Gasteiger partial charge in [-0.15, -0.1) is 0 Å². The zero-order valence-corrected chi connectivity index (χ0v) is 16.0. The van der Waals surface area contributed by atoms with Crippen LogP contribution in [-0.4, -0.2) is 19.9 Å². The Morgan fingerprint density at radius 2 is 0.957 bits per heavy atom. The first kappa shape index (κ1) is 25.6. The quantitative estimate of drug-likeness (QED) is 0.695. The van der Waals surface area contributed by atoms with Crippen molar-refractivity contribution in [2.24, 2.45) is 0 Å². The maximum atomic E-state index is 8.30. The van der Waals surface area contributed by atoms with E-state index in [1.807, 2.05) is 73.9 Å². The van der Waals surface area contributed by atoms with Crippen LogP contribution in [0.3, 0.4) is 0 Å². The molecule has 2 heterocycles. The highest BCUT2D eigenvalue weighted by Crippen LogP contribution is 1.90. The Kier molecular flexibility index (Phi) is 21.9. The predicted octanol–water partition coefficient (Wildman–Crippen LogP) is 4.83. The van der Waals surface area contributed by atoms with Gasteiger partial charge >= 0.3 is 0 Å². The summed E-state index contributed by atoms with van der Waals surface area (Å²) in [6.45, 7) is 17.6. The molecular weight excluding hydrogens is 286 g/mol. The van der Waals surface area contributed by atoms with Gasteiger partial charge in [0.25, 0.3) is 0 Å². The van der Waals surface area contributed by atoms with E-state index in [4.69, 9.17) is 5.26 Å². The van der Waals surface area contributed by atoms with E-state index in [-0.39, 0.29) is 0 Å². The Morgan fingerprint density at radius 1 is 0.652 bits per heavy atom. The molecule has 0 saturated carbocycles. The fourth-order valence-corrected chi connectivity index (χ4v) is 0.907. The van der Waals surface area contributed by atoms with Crippen LogP contribution in [0.15, 0.2) is 24.8 Å². The SMILES string of the molecule is CC.CC.CC.Cc1cnc(C)nc1.Cc1ncc(C#N)cn1. The molecule has 0 radical (unpaired) electrons. The molecule has 0 aliphatic rings. The summed E-state index contributed by atoms with van der Waals surface area (Å²) in [6.07, 6.45) is 6.62. The molecule has 0 atom stereocenters. The minimum atomic E-state index is 0.501. The van der Waals surface area contributed by atoms with Crippen molar-refractivity contribution in [3.63, 3.8) is 0 Å². The second-order valence-electron chi connectivity index (χ2n) is 3.44. The molecule has 128 valence electrons. The lowest BCUT2D eigenvalue weighted by Gasteiger charge is -1.88. The number of nitriles is 1. The first-order valence-corrected chi connectivity index (χ1v) is 8.06. The standard InChI is InChI=1S/C6H5N3.C6H8N2.3C2H6/c1-5-8-3-6(2-7)4-9-5;1-5-3-7-6(2)8-4-5;3*1-2/h3-4H,1H3;3-4H,1-2H3;3*1-2H3. The van der Waals surface area contributed by atoms with Crippen molar-refractivity contribution in [1.29, 1.82) is 5.26 Å². The van der Waals surface area contributed by atoms with Crippen LogP contribution < -0.4 is 0 Å². The molecule has 0 bridgehead atoms. The Balaban J connectivity index is -0.000000264. The van der Waals surface area contributed by atoms with Gasteiger partial charge in [0, 0.05) is 24.8 Å². The minimum absolute atomic E-state index is 0.501. The number of rotatable bonds is 0. The molecule has 2 rings (SSSR count). The van der Waals surface area contributed by atoms with Crippen LogP contribution >= 0.6 is 0 Å². The first-order chi connectivity index (χ1) is 11.1. The third kappa shape index (κ3) is 15.9. The molecule has 0 aliphatic carbocycles. The Labute approximate surface area is 141 Å². The van der Waals surface area contributed by atoms with E-state index in [1.54, 1.807) is 6.92 Å². The third-order valence-electron chi connectivity index (χ3n) is 1.82. The van der Waals surface area contributed by atoms with Crippen LogP contribution in [-0.2, 0) is 0 Å². The monoisotopic (exact) mass is 317 g/mol. The summed E-state index contributed by atoms with van der Waals surface area (Å²) in [4.78, 5) is 15.6. The van der Waals surface area contributed by atoms with E-state index in [0.717, 1.165) is 11.4 Å². The second-order valence-corrected chi connectivity index (χ2v) is 3.44. The van der Waals surface area contributed by atoms with Crippen LogP contribution in [0.5, 0.6) is 0 Å². The highest BCUT2D eigenvalue weighted by Gasteiger charge is 1.87. The van der Waals surface area contributed by atoms with E-state index < -0.39 is 0 Å². The minimum Gasteiger partial charge on any atom is -0.241 e. The van der Waals surface area contributed by atoms with E-state index in [0.29, 0.717) is 11.4 Å². The van der Waals surface area contributed by atoms with Crippen molar-refractivity contribution in [2.75, 3.05) is 0 Å². The average molecular weight is 317 g/mol. The maximum Gasteiger partial charge on any atom is 0.125 e. The van der Waals surface area contributed by atoms with Crippen molar-refractivity contribution < 1.29 is 0 Å². The molecular formula is C18H31N5. The Hall–Kier alpha value is -2.35. The van der Waals surface area contributed by atoms with E-state index in [1.165, 1.54) is 12.4 Å². The summed E-state index contributed by atoms with van der Waals surface area (Å²) in [5, 5.41) is 8.30. The van der Waals surface area contributed by atoms with Gasteiger partial charge in [-0.3, -0.25) is 0 Å². The van der Waals surface area contributed by atoms with Gasteiger partial charge in [0.15, 0.2) is 0 Å². The summed E-state index contributed by atoms with van der Waals surface area (Å²) in [5.41, 5.74) is 1.61. The summed E-state index contributed by atoms with van der Waals surface area (Å²) < 4.78 is 0. The maximum absolute atomic E-state index is 8.30. The van der Waals surface area contributed by atoms with E-state index in [2.05, 4.69) is 19.9 Å². The van der Waals surface area contributed by atoms with Gasteiger partial charge in [-0.2, -0.15) is 5.26 Å². The first-order valence-electron chi connectivity index (χ1n) is 8.06. The predicted molar refractivity (Wildman–Crippen MR) is 97.0 cm³/mol. The molecule has 2 aromatic heterocycles. The molecule has 0 unspecified atom stereocenters. The Bertz CT molecular complexity index is 477. The van der Waals surface area contributed by atoms with E-state index in [9.17, 15) is 0 Å². The molecule has 0 fully saturated rings. The van der Waals surface area contributed by atoms with Crippen LogP contribution in [0.4, 0.5) is 0 Å². The van der Waals surface area contributed by atoms with Crippen molar-refractivity contribution in [3.8, 4) is 6.07 Å². The van der Waals surface area contributed by atoms with Crippen molar-refractivity contribution in [1.82, 2.24) is 19.9 Å². The summed E-state index contributed by atoms with van der Waals surface area (Å²) in [5.74, 6) is 1.52. The molecule has 5 nitrogen and oxygen atoms in total. The van der Waals surface area contributed by atoms with Crippen LogP contribution in [0, 0.1) is 32.1 Å². The van der Waals surface area contributed by atoms with Crippen molar-refractivity contribution in [3.05, 3.63) is 47.6 Å². The largest absolute Gasteiger partial charge is 0.241 e. The third-order valence-corrected chi connectivity index (χ3v) is 1.82. The van der Waals surface area contributed by atoms with Gasteiger partial charge in [-0.05, 0) is 26.3 Å². The Morgan fingerprint density at radius 3 is 1.22 bits per heavy atom. The molecule has 0 aromatic carbocycles. The van der Waals surface area contributed by atoms with Crippen LogP contribution in [0.1, 0.15) is 64.3 Å². The number of hydrogen-bond acceptors (Lipinski definition) is 5. The van der Waals surface area contributed by atoms with Gasteiger partial charge in [0.2, 0.25) is 0 Å². The van der Waals surface area contributed by atoms with Crippen LogP contribution in [0.25, 0.3) is 0 Å². The zero-order chi connectivity index (χ0) is 18.7. The average Bonchev–Trinajstić information content (AvgIpc) is 2.64. The normalized spacial score (nSPS) is 7.30. The number of aryl methyl sites for hydroxylation is 3. The lowest BCUT2D eigenvalue weighted by molar-refractivity contribution is 1.03. The van der Waals surface area contributed by atoms with Gasteiger partial charge in [-0.25, -0.2) is 19.9 Å². The number of aromatic nitrogens is 4. The van der Waals surface area contributed by atoms with Crippen molar-refractivity contribution in [2.45, 2.75) is 62.3 Å². The number of nitrogens with zero attached hydrogens (tertiary/aromatic N) is 5. The fourth-order valence-electron chi connectivity index (χ4n) is 0.907. The molecule has 0 amide bonds. The van der Waals surface area contributed by atoms with Crippen molar-refractivity contribution >= 4 is 0 Å². The molecule has 0 N–H and O–H groups in total. The lowest BCUT2D eigenvalue weighted by Crippen LogP contribution is -1.85. The molecule has 23 heavy (non-hydrogen) atoms. The summed E-state index contributed by atoms with van der Waals surface area (Å²) in [6, 6.07) is 1.93.